The largest absolute Gasteiger partial charge is 0.494 e. The smallest absolute Gasteiger partial charge is 0.295 e. The Morgan fingerprint density at radius 2 is 1.68 bits per heavy atom. The number of ether oxygens (including phenoxy) is 1. The molecule has 0 saturated heterocycles. The third kappa shape index (κ3) is 4.03. The number of carbonyl (C=O) groups excluding carboxylic acids is 1. The van der Waals surface area contributed by atoms with Crippen LogP contribution in [0.3, 0.4) is 0 Å². The van der Waals surface area contributed by atoms with Gasteiger partial charge in [-0.05, 0) is 60.5 Å². The van der Waals surface area contributed by atoms with Crippen LogP contribution in [0.5, 0.6) is 5.75 Å². The number of nitrogens with zero attached hydrogens (tertiary/aromatic N) is 1. The van der Waals surface area contributed by atoms with E-state index in [9.17, 15) is 9.59 Å². The fourth-order valence-corrected chi connectivity index (χ4v) is 4.66. The van der Waals surface area contributed by atoms with E-state index >= 15 is 0 Å². The van der Waals surface area contributed by atoms with Gasteiger partial charge in [-0.2, -0.15) is 0 Å². The molecule has 1 aromatic heterocycles. The average Bonchev–Trinajstić information content (AvgIpc) is 3.15. The lowest BCUT2D eigenvalue weighted by atomic mass is 9.98. The van der Waals surface area contributed by atoms with Crippen molar-refractivity contribution in [1.82, 2.24) is 0 Å². The molecule has 0 N–H and O–H groups in total. The zero-order valence-electron chi connectivity index (χ0n) is 18.8. The predicted molar refractivity (Wildman–Crippen MR) is 137 cm³/mol. The number of fused-ring (bicyclic) bond motifs is 2. The van der Waals surface area contributed by atoms with Gasteiger partial charge in [0.1, 0.15) is 11.3 Å². The minimum Gasteiger partial charge on any atom is -0.494 e. The van der Waals surface area contributed by atoms with Gasteiger partial charge in [0.2, 0.25) is 5.76 Å². The van der Waals surface area contributed by atoms with E-state index in [1.807, 2.05) is 48.5 Å². The van der Waals surface area contributed by atoms with Crippen molar-refractivity contribution in [1.29, 1.82) is 0 Å². The van der Waals surface area contributed by atoms with Crippen LogP contribution >= 0.6 is 15.9 Å². The summed E-state index contributed by atoms with van der Waals surface area (Å²) in [7, 11) is 0. The van der Waals surface area contributed by atoms with Crippen LogP contribution in [-0.4, -0.2) is 12.5 Å². The Balaban J connectivity index is 1.61. The molecule has 1 atom stereocenters. The van der Waals surface area contributed by atoms with Crippen LogP contribution in [0, 0.1) is 0 Å². The van der Waals surface area contributed by atoms with Gasteiger partial charge >= 0.3 is 0 Å². The monoisotopic (exact) mass is 517 g/mol. The molecule has 6 heteroatoms. The van der Waals surface area contributed by atoms with E-state index in [1.54, 1.807) is 29.2 Å². The molecule has 34 heavy (non-hydrogen) atoms. The van der Waals surface area contributed by atoms with Crippen molar-refractivity contribution >= 4 is 38.5 Å². The number of hydrogen-bond acceptors (Lipinski definition) is 4. The second-order valence-electron chi connectivity index (χ2n) is 8.35. The first kappa shape index (κ1) is 22.4. The van der Waals surface area contributed by atoms with Crippen molar-refractivity contribution < 1.29 is 13.9 Å². The lowest BCUT2D eigenvalue weighted by Gasteiger charge is -2.25. The zero-order chi connectivity index (χ0) is 23.7. The fraction of sp³-hybridized carbons (Fsp3) is 0.214. The molecule has 5 nitrogen and oxygen atoms in total. The third-order valence-electron chi connectivity index (χ3n) is 6.09. The maximum Gasteiger partial charge on any atom is 0.295 e. The second kappa shape index (κ2) is 9.47. The predicted octanol–water partition coefficient (Wildman–Crippen LogP) is 6.87. The summed E-state index contributed by atoms with van der Waals surface area (Å²) in [5.74, 6) is 0.534. The summed E-state index contributed by atoms with van der Waals surface area (Å²) in [4.78, 5) is 28.8. The van der Waals surface area contributed by atoms with Gasteiger partial charge in [0.15, 0.2) is 5.43 Å². The third-order valence-corrected chi connectivity index (χ3v) is 6.62. The Labute approximate surface area is 206 Å². The Kier molecular flexibility index (Phi) is 6.24. The second-order valence-corrected chi connectivity index (χ2v) is 9.26. The molecule has 4 aromatic rings. The number of benzene rings is 3. The number of hydrogen-bond donors (Lipinski definition) is 0. The standard InChI is InChI=1S/C28H24BrNO4/c1-2-3-6-17-33-21-15-9-18(10-16-21)25-24-26(31)22-7-4-5-8-23(22)34-27(24)28(32)30(25)20-13-11-19(29)12-14-20/h4-5,7-16,25H,2-3,6,17H2,1H3. The molecule has 1 aliphatic heterocycles. The average molecular weight is 518 g/mol. The van der Waals surface area contributed by atoms with Crippen molar-refractivity contribution in [3.05, 3.63) is 104 Å². The van der Waals surface area contributed by atoms with Crippen LogP contribution in [0.1, 0.15) is 53.9 Å². The topological polar surface area (TPSA) is 59.8 Å². The number of rotatable bonds is 7. The molecular weight excluding hydrogens is 494 g/mol. The molecule has 1 unspecified atom stereocenters. The molecule has 0 bridgehead atoms. The Morgan fingerprint density at radius 1 is 0.941 bits per heavy atom. The normalized spacial score (nSPS) is 15.1. The first-order valence-electron chi connectivity index (χ1n) is 11.5. The quantitative estimate of drug-likeness (QED) is 0.251. The summed E-state index contributed by atoms with van der Waals surface area (Å²) in [6.45, 7) is 2.82. The van der Waals surface area contributed by atoms with E-state index in [0.29, 0.717) is 28.8 Å². The molecule has 0 spiro atoms. The maximum absolute atomic E-state index is 13.6. The van der Waals surface area contributed by atoms with Crippen molar-refractivity contribution in [2.75, 3.05) is 11.5 Å². The molecule has 1 aliphatic rings. The molecule has 0 saturated carbocycles. The van der Waals surface area contributed by atoms with Gasteiger partial charge in [0.25, 0.3) is 5.91 Å². The number of carbonyl (C=O) groups is 1. The van der Waals surface area contributed by atoms with E-state index in [1.165, 1.54) is 0 Å². The highest BCUT2D eigenvalue weighted by Gasteiger charge is 2.43. The number of para-hydroxylation sites is 1. The zero-order valence-corrected chi connectivity index (χ0v) is 20.4. The Hall–Kier alpha value is -3.38. The van der Waals surface area contributed by atoms with Crippen molar-refractivity contribution in [2.45, 2.75) is 32.2 Å². The number of anilines is 1. The van der Waals surface area contributed by atoms with E-state index < -0.39 is 6.04 Å². The lowest BCUT2D eigenvalue weighted by Crippen LogP contribution is -2.29. The highest BCUT2D eigenvalue weighted by Crippen LogP contribution is 2.41. The van der Waals surface area contributed by atoms with E-state index in [0.717, 1.165) is 35.0 Å². The molecule has 5 rings (SSSR count). The number of halogens is 1. The molecular formula is C28H24BrNO4. The first-order valence-corrected chi connectivity index (χ1v) is 12.3. The summed E-state index contributed by atoms with van der Waals surface area (Å²) < 4.78 is 12.8. The van der Waals surface area contributed by atoms with Crippen LogP contribution in [0.4, 0.5) is 5.69 Å². The van der Waals surface area contributed by atoms with Crippen LogP contribution in [0.2, 0.25) is 0 Å². The Bertz CT molecular complexity index is 1390. The molecule has 2 heterocycles. The van der Waals surface area contributed by atoms with Gasteiger partial charge in [0.05, 0.1) is 23.6 Å². The van der Waals surface area contributed by atoms with Crippen molar-refractivity contribution in [3.8, 4) is 5.75 Å². The molecule has 0 radical (unpaired) electrons. The molecule has 3 aromatic carbocycles. The van der Waals surface area contributed by atoms with Gasteiger partial charge in [-0.1, -0.05) is 60.0 Å². The highest BCUT2D eigenvalue weighted by molar-refractivity contribution is 9.10. The highest BCUT2D eigenvalue weighted by atomic mass is 79.9. The SMILES string of the molecule is CCCCCOc1ccc(C2c3c(oc4ccccc4c3=O)C(=O)N2c2ccc(Br)cc2)cc1. The van der Waals surface area contributed by atoms with Gasteiger partial charge in [-0.3, -0.25) is 14.5 Å². The summed E-state index contributed by atoms with van der Waals surface area (Å²) in [5, 5.41) is 0.465. The van der Waals surface area contributed by atoms with Crippen LogP contribution < -0.4 is 15.1 Å². The van der Waals surface area contributed by atoms with Crippen LogP contribution in [0.25, 0.3) is 11.0 Å². The molecule has 0 aliphatic carbocycles. The van der Waals surface area contributed by atoms with Gasteiger partial charge in [-0.15, -0.1) is 0 Å². The van der Waals surface area contributed by atoms with Crippen molar-refractivity contribution in [3.63, 3.8) is 0 Å². The van der Waals surface area contributed by atoms with Crippen molar-refractivity contribution in [2.24, 2.45) is 0 Å². The first-order chi connectivity index (χ1) is 16.6. The maximum atomic E-state index is 13.6. The van der Waals surface area contributed by atoms with E-state index in [4.69, 9.17) is 9.15 Å². The number of amides is 1. The fourth-order valence-electron chi connectivity index (χ4n) is 4.39. The Morgan fingerprint density at radius 3 is 2.41 bits per heavy atom. The molecule has 1 amide bonds. The number of unbranched alkanes of at least 4 members (excludes halogenated alkanes) is 2. The van der Waals surface area contributed by atoms with Gasteiger partial charge < -0.3 is 9.15 Å². The van der Waals surface area contributed by atoms with Crippen LogP contribution in [-0.2, 0) is 0 Å². The van der Waals surface area contributed by atoms with Gasteiger partial charge in [-0.25, -0.2) is 0 Å². The minimum absolute atomic E-state index is 0.0940. The summed E-state index contributed by atoms with van der Waals surface area (Å²) in [6, 6.07) is 21.5. The summed E-state index contributed by atoms with van der Waals surface area (Å²) in [5.41, 5.74) is 2.09. The summed E-state index contributed by atoms with van der Waals surface area (Å²) in [6.07, 6.45) is 3.28. The lowest BCUT2D eigenvalue weighted by molar-refractivity contribution is 0.0971. The van der Waals surface area contributed by atoms with E-state index in [-0.39, 0.29) is 17.1 Å². The molecule has 0 fully saturated rings. The van der Waals surface area contributed by atoms with Crippen LogP contribution in [0.15, 0.2) is 86.5 Å². The molecule has 172 valence electrons. The summed E-state index contributed by atoms with van der Waals surface area (Å²) >= 11 is 3.45. The van der Waals surface area contributed by atoms with E-state index in [2.05, 4.69) is 22.9 Å². The van der Waals surface area contributed by atoms with Gasteiger partial charge in [0, 0.05) is 10.2 Å². The minimum atomic E-state index is -0.598.